The number of nitrogens with zero attached hydrogens (tertiary/aromatic N) is 1. The highest BCUT2D eigenvalue weighted by atomic mass is 32.1. The van der Waals surface area contributed by atoms with E-state index in [1.807, 2.05) is 0 Å². The summed E-state index contributed by atoms with van der Waals surface area (Å²) >= 11 is 1.70. The highest BCUT2D eigenvalue weighted by Gasteiger charge is 2.33. The van der Waals surface area contributed by atoms with Crippen molar-refractivity contribution in [3.8, 4) is 0 Å². The summed E-state index contributed by atoms with van der Waals surface area (Å²) in [5.41, 5.74) is -0.941. The molecule has 0 unspecified atom stereocenters. The SMILES string of the molecule is O=C(O)c1ccc(C(=O)NCCc2nc(C(F)(F)F)cs2)s1. The molecule has 2 aromatic rings. The molecule has 0 fully saturated rings. The maximum Gasteiger partial charge on any atom is 0.434 e. The normalized spacial score (nSPS) is 11.4. The van der Waals surface area contributed by atoms with Crippen molar-refractivity contribution in [1.29, 1.82) is 0 Å². The van der Waals surface area contributed by atoms with Crippen LogP contribution in [0.4, 0.5) is 13.2 Å². The minimum atomic E-state index is -4.47. The number of halogens is 3. The molecular formula is C12H9F3N2O3S2. The number of carboxylic acid groups (broad SMARTS) is 1. The molecule has 5 nitrogen and oxygen atoms in total. The molecule has 0 bridgehead atoms. The number of nitrogens with one attached hydrogen (secondary N) is 1. The number of thiazole rings is 1. The average Bonchev–Trinajstić information content (AvgIpc) is 3.07. The molecule has 0 saturated heterocycles. The van der Waals surface area contributed by atoms with E-state index in [1.165, 1.54) is 12.1 Å². The molecule has 2 heterocycles. The minimum Gasteiger partial charge on any atom is -0.477 e. The molecule has 2 rings (SSSR count). The van der Waals surface area contributed by atoms with E-state index < -0.39 is 23.7 Å². The van der Waals surface area contributed by atoms with Gasteiger partial charge < -0.3 is 10.4 Å². The number of hydrogen-bond acceptors (Lipinski definition) is 5. The Hall–Kier alpha value is -1.94. The van der Waals surface area contributed by atoms with Crippen LogP contribution in [0.3, 0.4) is 0 Å². The number of amides is 1. The quantitative estimate of drug-likeness (QED) is 0.869. The minimum absolute atomic E-state index is 0.0416. The summed E-state index contributed by atoms with van der Waals surface area (Å²) < 4.78 is 37.1. The van der Waals surface area contributed by atoms with Gasteiger partial charge in [-0.05, 0) is 12.1 Å². The van der Waals surface area contributed by atoms with Gasteiger partial charge in [0.15, 0.2) is 5.69 Å². The molecule has 2 N–H and O–H groups in total. The molecular weight excluding hydrogens is 341 g/mol. The van der Waals surface area contributed by atoms with Crippen molar-refractivity contribution in [1.82, 2.24) is 10.3 Å². The van der Waals surface area contributed by atoms with Gasteiger partial charge in [-0.25, -0.2) is 9.78 Å². The number of carbonyl (C=O) groups is 2. The van der Waals surface area contributed by atoms with Gasteiger partial charge in [0.25, 0.3) is 5.91 Å². The summed E-state index contributed by atoms with van der Waals surface area (Å²) in [6.07, 6.45) is -4.30. The van der Waals surface area contributed by atoms with E-state index in [0.29, 0.717) is 0 Å². The third kappa shape index (κ3) is 4.04. The van der Waals surface area contributed by atoms with E-state index in [4.69, 9.17) is 5.11 Å². The van der Waals surface area contributed by atoms with Crippen LogP contribution < -0.4 is 5.32 Å². The summed E-state index contributed by atoms with van der Waals surface area (Å²) in [7, 11) is 0. The zero-order chi connectivity index (χ0) is 16.3. The lowest BCUT2D eigenvalue weighted by Gasteiger charge is -2.02. The predicted molar refractivity (Wildman–Crippen MR) is 74.4 cm³/mol. The van der Waals surface area contributed by atoms with Crippen LogP contribution in [0.2, 0.25) is 0 Å². The largest absolute Gasteiger partial charge is 0.477 e. The smallest absolute Gasteiger partial charge is 0.434 e. The maximum absolute atomic E-state index is 12.4. The van der Waals surface area contributed by atoms with E-state index in [0.717, 1.165) is 28.1 Å². The van der Waals surface area contributed by atoms with Crippen molar-refractivity contribution in [2.45, 2.75) is 12.6 Å². The van der Waals surface area contributed by atoms with Gasteiger partial charge in [-0.2, -0.15) is 13.2 Å². The Kier molecular flexibility index (Phi) is 4.81. The van der Waals surface area contributed by atoms with E-state index in [2.05, 4.69) is 10.3 Å². The van der Waals surface area contributed by atoms with Crippen LogP contribution in [0, 0.1) is 0 Å². The van der Waals surface area contributed by atoms with Crippen molar-refractivity contribution >= 4 is 34.6 Å². The standard InChI is InChI=1S/C12H9F3N2O3S2/c13-12(14,15)8-5-21-9(17-8)3-4-16-10(18)6-1-2-7(22-6)11(19)20/h1-2,5H,3-4H2,(H,16,18)(H,19,20). The number of carboxylic acids is 1. The third-order valence-electron chi connectivity index (χ3n) is 2.51. The van der Waals surface area contributed by atoms with E-state index >= 15 is 0 Å². The molecule has 10 heteroatoms. The van der Waals surface area contributed by atoms with Crippen LogP contribution in [-0.4, -0.2) is 28.5 Å². The first-order valence-electron chi connectivity index (χ1n) is 5.90. The molecule has 0 spiro atoms. The first-order chi connectivity index (χ1) is 10.3. The molecule has 0 atom stereocenters. The first-order valence-corrected chi connectivity index (χ1v) is 7.60. The summed E-state index contributed by atoms with van der Waals surface area (Å²) in [6.45, 7) is 0.115. The summed E-state index contributed by atoms with van der Waals surface area (Å²) in [4.78, 5) is 26.2. The van der Waals surface area contributed by atoms with E-state index in [1.54, 1.807) is 0 Å². The van der Waals surface area contributed by atoms with Crippen LogP contribution in [-0.2, 0) is 12.6 Å². The van der Waals surface area contributed by atoms with Crippen molar-refractivity contribution in [2.75, 3.05) is 6.54 Å². The Morgan fingerprint density at radius 1 is 1.27 bits per heavy atom. The fraction of sp³-hybridized carbons (Fsp3) is 0.250. The molecule has 0 radical (unpaired) electrons. The fourth-order valence-electron chi connectivity index (χ4n) is 1.50. The second-order valence-corrected chi connectivity index (χ2v) is 6.13. The lowest BCUT2D eigenvalue weighted by atomic mass is 10.4. The third-order valence-corrected chi connectivity index (χ3v) is 4.49. The summed E-state index contributed by atoms with van der Waals surface area (Å²) in [5.74, 6) is -1.59. The van der Waals surface area contributed by atoms with Crippen LogP contribution in [0.5, 0.6) is 0 Å². The number of rotatable bonds is 5. The van der Waals surface area contributed by atoms with Crippen LogP contribution >= 0.6 is 22.7 Å². The van der Waals surface area contributed by atoms with Gasteiger partial charge in [0.1, 0.15) is 4.88 Å². The molecule has 0 aliphatic carbocycles. The lowest BCUT2D eigenvalue weighted by Crippen LogP contribution is -2.24. The Morgan fingerprint density at radius 3 is 2.50 bits per heavy atom. The second-order valence-electron chi connectivity index (χ2n) is 4.10. The Labute approximate surface area is 130 Å². The number of hydrogen-bond donors (Lipinski definition) is 2. The maximum atomic E-state index is 12.4. The molecule has 22 heavy (non-hydrogen) atoms. The number of aromatic carboxylic acids is 1. The van der Waals surface area contributed by atoms with E-state index in [9.17, 15) is 22.8 Å². The van der Waals surface area contributed by atoms with E-state index in [-0.39, 0.29) is 27.7 Å². The number of carbonyl (C=O) groups excluding carboxylic acids is 1. The fourth-order valence-corrected chi connectivity index (χ4v) is 3.07. The lowest BCUT2D eigenvalue weighted by molar-refractivity contribution is -0.140. The predicted octanol–water partition coefficient (Wildman–Crippen LogP) is 2.89. The Morgan fingerprint density at radius 2 is 1.95 bits per heavy atom. The van der Waals surface area contributed by atoms with Gasteiger partial charge in [-0.15, -0.1) is 22.7 Å². The van der Waals surface area contributed by atoms with Gasteiger partial charge in [-0.1, -0.05) is 0 Å². The summed E-state index contributed by atoms with van der Waals surface area (Å²) in [5, 5.41) is 12.5. The molecule has 118 valence electrons. The molecule has 0 aliphatic heterocycles. The highest BCUT2D eigenvalue weighted by molar-refractivity contribution is 7.15. The van der Waals surface area contributed by atoms with Gasteiger partial charge in [0.05, 0.1) is 9.88 Å². The topological polar surface area (TPSA) is 79.3 Å². The second kappa shape index (κ2) is 6.44. The molecule has 0 aromatic carbocycles. The Bertz CT molecular complexity index is 694. The first kappa shape index (κ1) is 16.4. The van der Waals surface area contributed by atoms with Crippen molar-refractivity contribution in [3.05, 3.63) is 38.0 Å². The summed E-state index contributed by atoms with van der Waals surface area (Å²) in [6, 6.07) is 2.70. The van der Waals surface area contributed by atoms with Gasteiger partial charge >= 0.3 is 12.1 Å². The molecule has 0 aliphatic rings. The van der Waals surface area contributed by atoms with Crippen LogP contribution in [0.25, 0.3) is 0 Å². The zero-order valence-electron chi connectivity index (χ0n) is 10.8. The zero-order valence-corrected chi connectivity index (χ0v) is 12.4. The molecule has 0 saturated carbocycles. The number of aromatic nitrogens is 1. The molecule has 2 aromatic heterocycles. The Balaban J connectivity index is 1.86. The average molecular weight is 350 g/mol. The van der Waals surface area contributed by atoms with Crippen LogP contribution in [0.1, 0.15) is 30.0 Å². The number of thiophene rings is 1. The van der Waals surface area contributed by atoms with Crippen molar-refractivity contribution < 1.29 is 27.9 Å². The highest BCUT2D eigenvalue weighted by Crippen LogP contribution is 2.30. The van der Waals surface area contributed by atoms with Crippen molar-refractivity contribution in [2.24, 2.45) is 0 Å². The van der Waals surface area contributed by atoms with Gasteiger partial charge in [-0.3, -0.25) is 4.79 Å². The van der Waals surface area contributed by atoms with Crippen LogP contribution in [0.15, 0.2) is 17.5 Å². The van der Waals surface area contributed by atoms with Gasteiger partial charge in [0, 0.05) is 18.3 Å². The van der Waals surface area contributed by atoms with Crippen molar-refractivity contribution in [3.63, 3.8) is 0 Å². The monoisotopic (exact) mass is 350 g/mol. The molecule has 1 amide bonds. The number of alkyl halides is 3. The van der Waals surface area contributed by atoms with Gasteiger partial charge in [0.2, 0.25) is 0 Å².